The summed E-state index contributed by atoms with van der Waals surface area (Å²) in [6.07, 6.45) is 0.356. The minimum atomic E-state index is -3.97. The summed E-state index contributed by atoms with van der Waals surface area (Å²) >= 11 is 6.07. The van der Waals surface area contributed by atoms with Crippen LogP contribution in [0.5, 0.6) is 11.5 Å². The molecule has 0 aromatic heterocycles. The van der Waals surface area contributed by atoms with Crippen molar-refractivity contribution in [2.45, 2.75) is 23.8 Å². The molecule has 2 amide bonds. The number of methoxy groups -OCH3 is 1. The topological polar surface area (TPSA) is 120 Å². The number of sulfonamides is 1. The summed E-state index contributed by atoms with van der Waals surface area (Å²) < 4.78 is 40.9. The van der Waals surface area contributed by atoms with E-state index in [0.29, 0.717) is 48.9 Å². The molecule has 0 saturated carbocycles. The van der Waals surface area contributed by atoms with E-state index < -0.39 is 16.1 Å². The highest BCUT2D eigenvalue weighted by Gasteiger charge is 2.39. The first-order chi connectivity index (χ1) is 20.6. The van der Waals surface area contributed by atoms with Gasteiger partial charge in [0.05, 0.1) is 25.5 Å². The van der Waals surface area contributed by atoms with Crippen LogP contribution in [0.2, 0.25) is 5.02 Å². The van der Waals surface area contributed by atoms with Gasteiger partial charge in [0.1, 0.15) is 16.4 Å². The molecule has 230 valence electrons. The van der Waals surface area contributed by atoms with E-state index in [2.05, 4.69) is 10.0 Å². The molecule has 0 aliphatic carbocycles. The summed E-state index contributed by atoms with van der Waals surface area (Å²) in [5, 5.41) is 14.2. The Hall–Kier alpha value is -3.35. The van der Waals surface area contributed by atoms with Crippen molar-refractivity contribution >= 4 is 33.3 Å². The Kier molecular flexibility index (Phi) is 9.48. The van der Waals surface area contributed by atoms with E-state index in [1.165, 1.54) is 6.07 Å². The van der Waals surface area contributed by atoms with Gasteiger partial charge < -0.3 is 29.7 Å². The first kappa shape index (κ1) is 31.1. The summed E-state index contributed by atoms with van der Waals surface area (Å²) in [5.74, 6) is 0.812. The van der Waals surface area contributed by atoms with Crippen molar-refractivity contribution < 1.29 is 27.8 Å². The number of anilines is 1. The Morgan fingerprint density at radius 2 is 1.79 bits per heavy atom. The van der Waals surface area contributed by atoms with Crippen LogP contribution in [-0.4, -0.2) is 88.9 Å². The highest BCUT2D eigenvalue weighted by Crippen LogP contribution is 2.37. The largest absolute Gasteiger partial charge is 0.495 e. The molecule has 43 heavy (non-hydrogen) atoms. The number of likely N-dealkylation sites (N-methyl/N-ethyl adjacent to an activating group) is 1. The number of halogens is 1. The second-order valence-electron chi connectivity index (χ2n) is 11.3. The van der Waals surface area contributed by atoms with Gasteiger partial charge in [0.2, 0.25) is 10.0 Å². The Labute approximate surface area is 257 Å². The number of amides is 2. The molecule has 1 saturated heterocycles. The number of carbonyl (C=O) groups is 1. The van der Waals surface area contributed by atoms with Crippen LogP contribution in [0.3, 0.4) is 0 Å². The van der Waals surface area contributed by atoms with Crippen molar-refractivity contribution in [2.75, 3.05) is 58.8 Å². The molecule has 2 aliphatic rings. The number of fused-ring (bicyclic) bond motifs is 1. The Bertz CT molecular complexity index is 1540. The Morgan fingerprint density at radius 1 is 1.09 bits per heavy atom. The zero-order chi connectivity index (χ0) is 30.6. The third kappa shape index (κ3) is 7.42. The number of para-hydroxylation sites is 2. The number of carbonyl (C=O) groups excluding carboxylic acids is 1. The van der Waals surface area contributed by atoms with Crippen LogP contribution in [0.1, 0.15) is 12.8 Å². The van der Waals surface area contributed by atoms with Crippen LogP contribution < -0.4 is 19.5 Å². The van der Waals surface area contributed by atoms with E-state index >= 15 is 0 Å². The van der Waals surface area contributed by atoms with Crippen molar-refractivity contribution in [3.8, 4) is 22.6 Å². The lowest BCUT2D eigenvalue weighted by Crippen LogP contribution is -2.52. The average Bonchev–Trinajstić information content (AvgIpc) is 2.99. The second-order valence-corrected chi connectivity index (χ2v) is 13.4. The molecule has 1 spiro atoms. The maximum absolute atomic E-state index is 13.3. The van der Waals surface area contributed by atoms with Gasteiger partial charge in [-0.3, -0.25) is 0 Å². The fourth-order valence-corrected chi connectivity index (χ4v) is 7.04. The van der Waals surface area contributed by atoms with Crippen molar-refractivity contribution in [1.29, 1.82) is 0 Å². The molecule has 5 rings (SSSR count). The van der Waals surface area contributed by atoms with E-state index in [4.69, 9.17) is 21.1 Å². The number of urea groups is 1. The molecule has 0 bridgehead atoms. The van der Waals surface area contributed by atoms with Gasteiger partial charge in [-0.15, -0.1) is 0 Å². The summed E-state index contributed by atoms with van der Waals surface area (Å²) in [5.41, 5.74) is 1.86. The number of piperidine rings is 1. The molecular formula is C31H37ClN4O6S. The number of likely N-dealkylation sites (tertiary alicyclic amines) is 1. The number of benzene rings is 3. The van der Waals surface area contributed by atoms with E-state index in [-0.39, 0.29) is 41.8 Å². The predicted octanol–water partition coefficient (Wildman–Crippen LogP) is 4.29. The van der Waals surface area contributed by atoms with Crippen molar-refractivity contribution in [3.05, 3.63) is 71.8 Å². The molecule has 0 radical (unpaired) electrons. The number of nitrogens with zero attached hydrogens (tertiary/aromatic N) is 2. The van der Waals surface area contributed by atoms with Gasteiger partial charge in [0.25, 0.3) is 0 Å². The number of nitrogens with one attached hydrogen (secondary N) is 2. The molecule has 1 atom stereocenters. The molecule has 3 aromatic rings. The van der Waals surface area contributed by atoms with E-state index in [9.17, 15) is 18.3 Å². The maximum Gasteiger partial charge on any atom is 0.321 e. The fourth-order valence-electron chi connectivity index (χ4n) is 5.72. The number of ether oxygens (including phenoxy) is 2. The monoisotopic (exact) mass is 628 g/mol. The van der Waals surface area contributed by atoms with Crippen LogP contribution in [0.15, 0.2) is 71.6 Å². The summed E-state index contributed by atoms with van der Waals surface area (Å²) in [4.78, 5) is 16.9. The molecule has 2 aliphatic heterocycles. The lowest BCUT2D eigenvalue weighted by atomic mass is 9.78. The second kappa shape index (κ2) is 13.1. The molecule has 3 N–H and O–H groups in total. The van der Waals surface area contributed by atoms with Crippen LogP contribution in [-0.2, 0) is 10.0 Å². The lowest BCUT2D eigenvalue weighted by molar-refractivity contribution is 0.0256. The summed E-state index contributed by atoms with van der Waals surface area (Å²) in [7, 11) is -0.508. The van der Waals surface area contributed by atoms with E-state index in [1.807, 2.05) is 36.2 Å². The highest BCUT2D eigenvalue weighted by molar-refractivity contribution is 7.89. The SMILES string of the molecule is COc1ccccc1NC(=O)N1CCC2(CC1)COc1cc(-c3ccc(Cl)cc3)ccc1S(=O)(=O)NCC(O)CN(C)C2. The van der Waals surface area contributed by atoms with Crippen LogP contribution in [0.25, 0.3) is 11.1 Å². The van der Waals surface area contributed by atoms with Gasteiger partial charge in [0, 0.05) is 43.2 Å². The normalized spacial score (nSPS) is 20.7. The Morgan fingerprint density at radius 3 is 2.51 bits per heavy atom. The van der Waals surface area contributed by atoms with Gasteiger partial charge >= 0.3 is 6.03 Å². The summed E-state index contributed by atoms with van der Waals surface area (Å²) in [6.45, 7) is 1.96. The van der Waals surface area contributed by atoms with Crippen LogP contribution in [0, 0.1) is 5.41 Å². The molecular weight excluding hydrogens is 592 g/mol. The quantitative estimate of drug-likeness (QED) is 0.396. The molecule has 2 heterocycles. The van der Waals surface area contributed by atoms with Gasteiger partial charge in [0.15, 0.2) is 0 Å². The van der Waals surface area contributed by atoms with Gasteiger partial charge in [-0.05, 0) is 67.4 Å². The maximum atomic E-state index is 13.3. The third-order valence-electron chi connectivity index (χ3n) is 8.04. The average molecular weight is 629 g/mol. The zero-order valence-electron chi connectivity index (χ0n) is 24.3. The summed E-state index contributed by atoms with van der Waals surface area (Å²) in [6, 6.07) is 19.3. The number of hydrogen-bond acceptors (Lipinski definition) is 7. The van der Waals surface area contributed by atoms with Gasteiger partial charge in [-0.1, -0.05) is 41.9 Å². The number of aliphatic hydroxyl groups is 1. The minimum Gasteiger partial charge on any atom is -0.495 e. The van der Waals surface area contributed by atoms with E-state index in [1.54, 1.807) is 48.4 Å². The standard InChI is InChI=1S/C31H37ClN4O6S/c1-35-19-25(37)18-33-43(39,40)29-12-9-23(22-7-10-24(32)11-8-22)17-28(29)42-21-31(20-35)13-15-36(16-14-31)30(38)34-26-5-3-4-6-27(26)41-2/h3-12,17,25,33,37H,13-16,18-21H2,1-2H3,(H,34,38). The molecule has 3 aromatic carbocycles. The number of aliphatic hydroxyl groups excluding tert-OH is 1. The number of hydrogen-bond donors (Lipinski definition) is 3. The third-order valence-corrected chi connectivity index (χ3v) is 9.76. The Balaban J connectivity index is 1.40. The van der Waals surface area contributed by atoms with Crippen molar-refractivity contribution in [3.63, 3.8) is 0 Å². The number of rotatable bonds is 3. The molecule has 1 fully saturated rings. The zero-order valence-corrected chi connectivity index (χ0v) is 25.8. The van der Waals surface area contributed by atoms with E-state index in [0.717, 1.165) is 11.1 Å². The number of β-amino-alcohol motifs (C(OH)–C–C–N with tert-alkyl or cyclic N) is 1. The van der Waals surface area contributed by atoms with Crippen LogP contribution >= 0.6 is 11.6 Å². The fraction of sp³-hybridized carbons (Fsp3) is 0.387. The van der Waals surface area contributed by atoms with Crippen LogP contribution in [0.4, 0.5) is 10.5 Å². The molecule has 1 unspecified atom stereocenters. The first-order valence-corrected chi connectivity index (χ1v) is 16.0. The van der Waals surface area contributed by atoms with Crippen molar-refractivity contribution in [1.82, 2.24) is 14.5 Å². The first-order valence-electron chi connectivity index (χ1n) is 14.2. The minimum absolute atomic E-state index is 0.00936. The van der Waals surface area contributed by atoms with Crippen molar-refractivity contribution in [2.24, 2.45) is 5.41 Å². The molecule has 12 heteroatoms. The molecule has 10 nitrogen and oxygen atoms in total. The smallest absolute Gasteiger partial charge is 0.321 e. The predicted molar refractivity (Wildman–Crippen MR) is 166 cm³/mol. The van der Waals surface area contributed by atoms with Gasteiger partial charge in [-0.2, -0.15) is 0 Å². The lowest BCUT2D eigenvalue weighted by Gasteiger charge is -2.44. The highest BCUT2D eigenvalue weighted by atomic mass is 35.5. The van der Waals surface area contributed by atoms with Gasteiger partial charge in [-0.25, -0.2) is 17.9 Å².